The minimum absolute atomic E-state index is 0.0942. The van der Waals surface area contributed by atoms with Gasteiger partial charge in [0.2, 0.25) is 17.8 Å². The highest BCUT2D eigenvalue weighted by molar-refractivity contribution is 6.24. The number of aliphatic hydroxyl groups is 1. The lowest BCUT2D eigenvalue weighted by Gasteiger charge is -2.46. The Labute approximate surface area is 421 Å². The van der Waals surface area contributed by atoms with E-state index >= 15 is 19.2 Å². The number of hydrogen-bond acceptors (Lipinski definition) is 12. The van der Waals surface area contributed by atoms with Crippen molar-refractivity contribution in [3.8, 4) is 17.6 Å². The monoisotopic (exact) mass is 979 g/mol. The number of carbonyl (C=O) groups is 5. The zero-order valence-electron chi connectivity index (χ0n) is 39.9. The van der Waals surface area contributed by atoms with Gasteiger partial charge in [0.1, 0.15) is 29.9 Å². The molecule has 1 aromatic heterocycles. The third-order valence-electron chi connectivity index (χ3n) is 14.1. The van der Waals surface area contributed by atoms with Gasteiger partial charge in [-0.25, -0.2) is 24.5 Å². The molecule has 7 unspecified atom stereocenters. The quantitative estimate of drug-likeness (QED) is 0.0956. The van der Waals surface area contributed by atoms with Gasteiger partial charge in [-0.2, -0.15) is 0 Å². The van der Waals surface area contributed by atoms with Crippen LogP contribution in [0.2, 0.25) is 0 Å². The number of nitrogens with one attached hydrogen (secondary N) is 2. The number of benzene rings is 5. The smallest absolute Gasteiger partial charge is 0.329 e. The molecule has 4 aliphatic rings. The summed E-state index contributed by atoms with van der Waals surface area (Å²) in [6, 6.07) is 36.3. The van der Waals surface area contributed by atoms with E-state index < -0.39 is 71.5 Å². The Kier molecular flexibility index (Phi) is 13.6. The van der Waals surface area contributed by atoms with Gasteiger partial charge in [0.05, 0.1) is 42.9 Å². The molecular formula is C56H53N9O8. The summed E-state index contributed by atoms with van der Waals surface area (Å²) in [5.41, 5.74) is 6.69. The van der Waals surface area contributed by atoms with E-state index in [1.165, 1.54) is 0 Å². The van der Waals surface area contributed by atoms with Crippen LogP contribution < -0.4 is 30.9 Å². The van der Waals surface area contributed by atoms with Gasteiger partial charge >= 0.3 is 18.0 Å². The molecule has 73 heavy (non-hydrogen) atoms. The predicted octanol–water partition coefficient (Wildman–Crippen LogP) is 5.35. The molecule has 3 fully saturated rings. The first-order valence-electron chi connectivity index (χ1n) is 24.2. The molecule has 3 saturated heterocycles. The lowest BCUT2D eigenvalue weighted by Crippen LogP contribution is -2.59. The lowest BCUT2D eigenvalue weighted by molar-refractivity contribution is -0.179. The minimum Gasteiger partial charge on any atom is -0.491 e. The van der Waals surface area contributed by atoms with E-state index in [0.717, 1.165) is 16.0 Å². The van der Waals surface area contributed by atoms with Gasteiger partial charge in [0.25, 0.3) is 0 Å². The third kappa shape index (κ3) is 8.85. The fraction of sp³-hybridized carbons (Fsp3) is 0.268. The Bertz CT molecular complexity index is 3080. The number of carbonyl (C=O) groups excluding carboxylic acids is 5. The SMILES string of the molecule is CC(NC(=O)N1C(=O)C2(c3cc(C#CCNC(N)=O)ccc31)C(C(=O)N1CCN(c3ncccn3)CC1)C1C(=O)OC(c3ccccc3)C(c3ccccc3)N1C2c1ccccc1OCCO)c1ccccc1. The van der Waals surface area contributed by atoms with Gasteiger partial charge in [-0.15, -0.1) is 0 Å². The fourth-order valence-corrected chi connectivity index (χ4v) is 11.1. The standard InChI is InChI=1S/C56H53N9O8/c1-36(38-16-5-2-6-17-38)61-55(71)64-43-25-24-37(15-13-26-58-53(57)70)35-42(43)56(52(64)69)45(50(67)62-29-31-63(32-30-62)54-59-27-14-28-60-54)47-51(68)73-48(40-20-9-4-10-21-40)46(39-18-7-3-8-19-39)65(47)49(56)41-22-11-12-23-44(41)72-34-33-66/h2-12,14,16-25,27-28,35-36,45-49,66H,26,29-34H2,1H3,(H,61,71)(H3,57,58,70). The number of cyclic esters (lactones) is 1. The van der Waals surface area contributed by atoms with Crippen molar-refractivity contribution in [2.75, 3.05) is 55.7 Å². The van der Waals surface area contributed by atoms with Crippen LogP contribution in [0, 0.1) is 17.8 Å². The topological polar surface area (TPSA) is 213 Å². The normalized spacial score (nSPS) is 22.6. The highest BCUT2D eigenvalue weighted by atomic mass is 16.6. The van der Waals surface area contributed by atoms with Crippen LogP contribution in [-0.2, 0) is 24.5 Å². The van der Waals surface area contributed by atoms with Crippen LogP contribution in [0.25, 0.3) is 0 Å². The van der Waals surface area contributed by atoms with Crippen LogP contribution in [0.3, 0.4) is 0 Å². The second-order valence-corrected chi connectivity index (χ2v) is 18.2. The number of aliphatic hydroxyl groups excluding tert-OH is 1. The van der Waals surface area contributed by atoms with E-state index in [9.17, 15) is 9.90 Å². The number of esters is 1. The van der Waals surface area contributed by atoms with Crippen molar-refractivity contribution in [2.45, 2.75) is 42.6 Å². The summed E-state index contributed by atoms with van der Waals surface area (Å²) in [7, 11) is 0. The number of morpholine rings is 1. The van der Waals surface area contributed by atoms with E-state index in [4.69, 9.17) is 15.2 Å². The minimum atomic E-state index is -2.11. The van der Waals surface area contributed by atoms with Crippen molar-refractivity contribution in [3.05, 3.63) is 185 Å². The van der Waals surface area contributed by atoms with Crippen LogP contribution >= 0.6 is 0 Å². The number of aromatic nitrogens is 2. The number of nitrogens with zero attached hydrogens (tertiary/aromatic N) is 6. The van der Waals surface area contributed by atoms with Gasteiger partial charge in [0, 0.05) is 49.7 Å². The van der Waals surface area contributed by atoms with Crippen LogP contribution in [-0.4, -0.2) is 107 Å². The Balaban J connectivity index is 1.25. The Morgan fingerprint density at radius 3 is 2.18 bits per heavy atom. The number of ether oxygens (including phenoxy) is 2. The van der Waals surface area contributed by atoms with E-state index in [0.29, 0.717) is 35.7 Å². The summed E-state index contributed by atoms with van der Waals surface area (Å²) in [5, 5.41) is 15.7. The van der Waals surface area contributed by atoms with Crippen LogP contribution in [0.15, 0.2) is 152 Å². The first-order chi connectivity index (χ1) is 35.6. The maximum atomic E-state index is 16.9. The number of nitrogens with two attached hydrogens (primary N) is 1. The molecule has 1 spiro atoms. The van der Waals surface area contributed by atoms with Crippen LogP contribution in [0.5, 0.6) is 5.75 Å². The summed E-state index contributed by atoms with van der Waals surface area (Å²) in [5.74, 6) is 3.23. The molecule has 0 bridgehead atoms. The van der Waals surface area contributed by atoms with Gasteiger partial charge in [-0.1, -0.05) is 121 Å². The molecule has 0 aliphatic carbocycles. The maximum absolute atomic E-state index is 16.9. The van der Waals surface area contributed by atoms with Crippen molar-refractivity contribution in [1.82, 2.24) is 30.4 Å². The molecule has 17 nitrogen and oxygen atoms in total. The highest BCUT2D eigenvalue weighted by Crippen LogP contribution is 2.67. The average molecular weight is 980 g/mol. The molecule has 0 radical (unpaired) electrons. The molecule has 7 atom stereocenters. The van der Waals surface area contributed by atoms with E-state index in [1.807, 2.05) is 108 Å². The molecule has 4 aliphatic heterocycles. The maximum Gasteiger partial charge on any atom is 0.329 e. The van der Waals surface area contributed by atoms with Crippen molar-refractivity contribution in [2.24, 2.45) is 11.7 Å². The molecule has 10 rings (SSSR count). The summed E-state index contributed by atoms with van der Waals surface area (Å²) < 4.78 is 13.0. The van der Waals surface area contributed by atoms with Crippen molar-refractivity contribution in [1.29, 1.82) is 0 Å². The molecular weight excluding hydrogens is 927 g/mol. The largest absolute Gasteiger partial charge is 0.491 e. The number of fused-ring (bicyclic) bond motifs is 3. The van der Waals surface area contributed by atoms with E-state index in [-0.39, 0.29) is 49.8 Å². The first-order valence-corrected chi connectivity index (χ1v) is 24.2. The summed E-state index contributed by atoms with van der Waals surface area (Å²) >= 11 is 0. The molecule has 5 aromatic carbocycles. The Hall–Kier alpha value is -8.59. The number of imide groups is 1. The van der Waals surface area contributed by atoms with Crippen molar-refractivity contribution in [3.63, 3.8) is 0 Å². The summed E-state index contributed by atoms with van der Waals surface area (Å²) in [4.78, 5) is 91.5. The third-order valence-corrected chi connectivity index (χ3v) is 14.1. The van der Waals surface area contributed by atoms with E-state index in [2.05, 4.69) is 32.4 Å². The molecule has 17 heteroatoms. The number of primary amides is 1. The number of para-hydroxylation sites is 1. The second-order valence-electron chi connectivity index (χ2n) is 18.2. The predicted molar refractivity (Wildman–Crippen MR) is 270 cm³/mol. The molecule has 5 heterocycles. The molecule has 6 amide bonds. The van der Waals surface area contributed by atoms with Gasteiger partial charge in [0.15, 0.2) is 0 Å². The fourth-order valence-electron chi connectivity index (χ4n) is 11.1. The zero-order valence-corrected chi connectivity index (χ0v) is 39.9. The number of anilines is 2. The number of urea groups is 2. The molecule has 0 saturated carbocycles. The van der Waals surface area contributed by atoms with Crippen molar-refractivity contribution < 1.29 is 38.6 Å². The molecule has 6 aromatic rings. The molecule has 370 valence electrons. The van der Waals surface area contributed by atoms with Crippen molar-refractivity contribution >= 4 is 41.5 Å². The number of piperazine rings is 1. The number of hydrogen-bond donors (Lipinski definition) is 4. The zero-order chi connectivity index (χ0) is 50.6. The van der Waals surface area contributed by atoms with E-state index in [1.54, 1.807) is 65.8 Å². The number of amides is 6. The first kappa shape index (κ1) is 48.1. The lowest BCUT2D eigenvalue weighted by atomic mass is 9.64. The van der Waals surface area contributed by atoms with Gasteiger partial charge < -0.3 is 40.7 Å². The highest BCUT2D eigenvalue weighted by Gasteiger charge is 2.76. The Morgan fingerprint density at radius 1 is 0.836 bits per heavy atom. The number of rotatable bonds is 11. The second kappa shape index (κ2) is 20.6. The summed E-state index contributed by atoms with van der Waals surface area (Å²) in [6.45, 7) is 2.30. The molecule has 5 N–H and O–H groups in total. The van der Waals surface area contributed by atoms with Gasteiger partial charge in [-0.3, -0.25) is 19.3 Å². The summed E-state index contributed by atoms with van der Waals surface area (Å²) in [6.07, 6.45) is 2.34. The van der Waals surface area contributed by atoms with Crippen LogP contribution in [0.4, 0.5) is 21.2 Å². The van der Waals surface area contributed by atoms with Gasteiger partial charge in [-0.05, 0) is 59.5 Å². The Morgan fingerprint density at radius 2 is 1.49 bits per heavy atom. The average Bonchev–Trinajstić information content (AvgIpc) is 3.88. The van der Waals surface area contributed by atoms with Crippen LogP contribution in [0.1, 0.15) is 64.5 Å².